The molecule has 3 aromatic carbocycles. The van der Waals surface area contributed by atoms with Crippen molar-refractivity contribution in [3.63, 3.8) is 0 Å². The van der Waals surface area contributed by atoms with Gasteiger partial charge in [0.1, 0.15) is 5.82 Å². The number of carbonyl (C=O) groups is 3. The number of halogens is 4. The van der Waals surface area contributed by atoms with Crippen LogP contribution in [0.5, 0.6) is 0 Å². The third-order valence-corrected chi connectivity index (χ3v) is 9.55. The molecule has 0 radical (unpaired) electrons. The molecule has 0 spiro atoms. The first-order valence-electron chi connectivity index (χ1n) is 16.2. The van der Waals surface area contributed by atoms with Gasteiger partial charge in [-0.25, -0.2) is 9.18 Å². The summed E-state index contributed by atoms with van der Waals surface area (Å²) in [7, 11) is -2.98. The smallest absolute Gasteiger partial charge is 0.417 e. The highest BCUT2D eigenvalue weighted by Crippen LogP contribution is 2.40. The molecular weight excluding hydrogens is 681 g/mol. The molecule has 0 aromatic heterocycles. The van der Waals surface area contributed by atoms with Gasteiger partial charge in [0.25, 0.3) is 5.91 Å². The number of nitrogens with zero attached hydrogens (tertiary/aromatic N) is 2. The summed E-state index contributed by atoms with van der Waals surface area (Å²) < 4.78 is 76.5. The number of ether oxygens (including phenoxy) is 1. The summed E-state index contributed by atoms with van der Waals surface area (Å²) in [5, 5.41) is 2.61. The van der Waals surface area contributed by atoms with Crippen LogP contribution in [-0.4, -0.2) is 47.1 Å². The maximum Gasteiger partial charge on any atom is 0.698 e. The summed E-state index contributed by atoms with van der Waals surface area (Å²) >= 11 is 0. The Morgan fingerprint density at radius 3 is 2.32 bits per heavy atom. The molecule has 5 rings (SSSR count). The van der Waals surface area contributed by atoms with E-state index in [1.807, 2.05) is 0 Å². The lowest BCUT2D eigenvalue weighted by Gasteiger charge is -2.41. The predicted octanol–water partition coefficient (Wildman–Crippen LogP) is 8.20. The Labute approximate surface area is 287 Å². The minimum Gasteiger partial charge on any atom is -0.417 e. The summed E-state index contributed by atoms with van der Waals surface area (Å²) in [4.78, 5) is 52.8. The quantitative estimate of drug-likeness (QED) is 0.130. The molecule has 0 bridgehead atoms. The summed E-state index contributed by atoms with van der Waals surface area (Å²) in [5.41, 5.74) is 0.209. The van der Waals surface area contributed by atoms with Crippen LogP contribution >= 0.6 is 8.25 Å². The fraction of sp³-hybridized carbons (Fsp3) is 0.400. The van der Waals surface area contributed by atoms with E-state index in [2.05, 4.69) is 9.84 Å². The van der Waals surface area contributed by atoms with Gasteiger partial charge in [-0.2, -0.15) is 13.2 Å². The largest absolute Gasteiger partial charge is 0.698 e. The highest BCUT2D eigenvalue weighted by Gasteiger charge is 2.41. The first-order chi connectivity index (χ1) is 23.8. The average molecular weight is 719 g/mol. The zero-order valence-corrected chi connectivity index (χ0v) is 28.3. The number of benzene rings is 3. The fourth-order valence-corrected chi connectivity index (χ4v) is 6.99. The number of anilines is 2. The second-order valence-corrected chi connectivity index (χ2v) is 13.2. The number of nitrogens with one attached hydrogen (secondary N) is 1. The Morgan fingerprint density at radius 1 is 0.980 bits per heavy atom. The second kappa shape index (κ2) is 15.7. The molecule has 1 saturated carbocycles. The molecule has 1 heterocycles. The Morgan fingerprint density at radius 2 is 1.68 bits per heavy atom. The van der Waals surface area contributed by atoms with Gasteiger partial charge in [-0.3, -0.25) is 14.5 Å². The molecule has 1 saturated heterocycles. The second-order valence-electron chi connectivity index (χ2n) is 12.4. The standard InChI is InChI=1S/C35H36F4N3O7P/c1-21-12-15-24(19-28(21)35(37,38)39)40-32(43)27-10-6-18-41(33(44)30-22(2)7-5-11-29(30)36)31(27)23-13-16-26(17-14-23)42(25-8-3-4-9-25)34(45)48-20-49-50(46)47/h5,7,11-17,19,25,27,31H,3-4,6,8-10,18,20H2,1-2H3,(H-,40,43,46,47)/p+1/t27-,31-/m0/s1. The lowest BCUT2D eigenvalue weighted by atomic mass is 9.83. The number of likely N-dealkylation sites (tertiary alicyclic amines) is 1. The summed E-state index contributed by atoms with van der Waals surface area (Å²) in [6.45, 7) is 2.37. The molecule has 3 atom stereocenters. The first kappa shape index (κ1) is 36.9. The van der Waals surface area contributed by atoms with Crippen molar-refractivity contribution in [1.29, 1.82) is 0 Å². The van der Waals surface area contributed by atoms with Gasteiger partial charge in [0.2, 0.25) is 12.7 Å². The van der Waals surface area contributed by atoms with Gasteiger partial charge in [0, 0.05) is 28.5 Å². The van der Waals surface area contributed by atoms with Gasteiger partial charge in [0.05, 0.1) is 23.1 Å². The molecular formula is C35H37F4N3O7P+. The number of hydrogen-bond donors (Lipinski definition) is 2. The highest BCUT2D eigenvalue weighted by molar-refractivity contribution is 7.32. The maximum absolute atomic E-state index is 15.1. The molecule has 1 aliphatic carbocycles. The van der Waals surface area contributed by atoms with Gasteiger partial charge in [0.15, 0.2) is 0 Å². The van der Waals surface area contributed by atoms with Crippen LogP contribution in [0.1, 0.15) is 77.2 Å². The van der Waals surface area contributed by atoms with E-state index in [4.69, 9.17) is 9.63 Å². The Balaban J connectivity index is 1.50. The van der Waals surface area contributed by atoms with Crippen molar-refractivity contribution in [1.82, 2.24) is 4.90 Å². The van der Waals surface area contributed by atoms with Crippen LogP contribution < -0.4 is 10.2 Å². The lowest BCUT2D eigenvalue weighted by Crippen LogP contribution is -2.47. The van der Waals surface area contributed by atoms with Crippen molar-refractivity contribution < 1.29 is 50.7 Å². The van der Waals surface area contributed by atoms with Crippen LogP contribution in [-0.2, 0) is 24.8 Å². The van der Waals surface area contributed by atoms with E-state index in [1.54, 1.807) is 37.3 Å². The SMILES string of the molecule is Cc1ccc(NC(=O)[C@H]2CCCN(C(=O)c3c(C)cccc3F)[C@H]2c2ccc(N(C(=O)OCO[P+](=O)O)C3CCCC3)cc2)cc1C(F)(F)F. The van der Waals surface area contributed by atoms with Crippen LogP contribution in [0.4, 0.5) is 33.7 Å². The molecule has 3 amide bonds. The van der Waals surface area contributed by atoms with Gasteiger partial charge in [-0.1, -0.05) is 47.7 Å². The van der Waals surface area contributed by atoms with E-state index >= 15 is 4.39 Å². The monoisotopic (exact) mass is 718 g/mol. The van der Waals surface area contributed by atoms with Crippen molar-refractivity contribution in [2.45, 2.75) is 70.6 Å². The first-order valence-corrected chi connectivity index (χ1v) is 17.3. The van der Waals surface area contributed by atoms with Gasteiger partial charge in [-0.15, -0.1) is 4.89 Å². The molecule has 1 unspecified atom stereocenters. The van der Waals surface area contributed by atoms with Crippen LogP contribution in [0.25, 0.3) is 0 Å². The Kier molecular flexibility index (Phi) is 11.5. The normalized spacial score (nSPS) is 18.5. The number of rotatable bonds is 9. The minimum atomic E-state index is -4.63. The molecule has 2 fully saturated rings. The average Bonchev–Trinajstić information content (AvgIpc) is 3.59. The van der Waals surface area contributed by atoms with E-state index in [1.165, 1.54) is 41.0 Å². The van der Waals surface area contributed by atoms with Crippen molar-refractivity contribution in [3.8, 4) is 0 Å². The van der Waals surface area contributed by atoms with Crippen molar-refractivity contribution in [2.75, 3.05) is 23.6 Å². The number of alkyl halides is 3. The summed E-state index contributed by atoms with van der Waals surface area (Å²) in [6.07, 6.45) is -1.64. The summed E-state index contributed by atoms with van der Waals surface area (Å²) in [5.74, 6) is -2.91. The molecule has 266 valence electrons. The van der Waals surface area contributed by atoms with Crippen LogP contribution in [0.2, 0.25) is 0 Å². The molecule has 50 heavy (non-hydrogen) atoms. The van der Waals surface area contributed by atoms with Gasteiger partial charge >= 0.3 is 20.5 Å². The summed E-state index contributed by atoms with van der Waals surface area (Å²) in [6, 6.07) is 13.1. The molecule has 2 aliphatic rings. The van der Waals surface area contributed by atoms with E-state index in [0.29, 0.717) is 36.1 Å². The van der Waals surface area contributed by atoms with Crippen LogP contribution in [0.15, 0.2) is 60.7 Å². The van der Waals surface area contributed by atoms with E-state index in [-0.39, 0.29) is 35.8 Å². The number of piperidine rings is 1. The van der Waals surface area contributed by atoms with Gasteiger partial charge < -0.3 is 15.0 Å². The third-order valence-electron chi connectivity index (χ3n) is 9.22. The zero-order chi connectivity index (χ0) is 36.2. The van der Waals surface area contributed by atoms with E-state index in [0.717, 1.165) is 18.9 Å². The van der Waals surface area contributed by atoms with Gasteiger partial charge in [-0.05, 0) is 86.6 Å². The number of carbonyl (C=O) groups excluding carboxylic acids is 3. The molecule has 1 aliphatic heterocycles. The predicted molar refractivity (Wildman–Crippen MR) is 176 cm³/mol. The molecule has 15 heteroatoms. The zero-order valence-electron chi connectivity index (χ0n) is 27.4. The topological polar surface area (TPSA) is 125 Å². The van der Waals surface area contributed by atoms with E-state index < -0.39 is 62.5 Å². The maximum atomic E-state index is 15.1. The Hall–Kier alpha value is -4.39. The lowest BCUT2D eigenvalue weighted by molar-refractivity contribution is -0.138. The highest BCUT2D eigenvalue weighted by atomic mass is 31.1. The van der Waals surface area contributed by atoms with Crippen LogP contribution in [0.3, 0.4) is 0 Å². The number of amides is 3. The number of hydrogen-bond acceptors (Lipinski definition) is 6. The van der Waals surface area contributed by atoms with Crippen molar-refractivity contribution in [2.24, 2.45) is 5.92 Å². The van der Waals surface area contributed by atoms with Crippen molar-refractivity contribution >= 4 is 37.5 Å². The Bertz CT molecular complexity index is 1730. The fourth-order valence-electron chi connectivity index (χ4n) is 6.85. The third kappa shape index (κ3) is 8.31. The van der Waals surface area contributed by atoms with Crippen molar-refractivity contribution in [3.05, 3.63) is 94.3 Å². The minimum absolute atomic E-state index is 0.00456. The van der Waals surface area contributed by atoms with E-state index in [9.17, 15) is 32.1 Å². The van der Waals surface area contributed by atoms with Crippen LogP contribution in [0, 0.1) is 25.6 Å². The number of aryl methyl sites for hydroxylation is 2. The molecule has 2 N–H and O–H groups in total. The molecule has 10 nitrogen and oxygen atoms in total. The molecule has 3 aromatic rings.